The summed E-state index contributed by atoms with van der Waals surface area (Å²) >= 11 is 0. The number of ether oxygens (including phenoxy) is 1. The topological polar surface area (TPSA) is 121 Å². The van der Waals surface area contributed by atoms with E-state index < -0.39 is 9.84 Å². The van der Waals surface area contributed by atoms with Crippen molar-refractivity contribution in [3.05, 3.63) is 54.9 Å². The van der Waals surface area contributed by atoms with E-state index in [0.29, 0.717) is 24.1 Å². The molecular weight excluding hydrogens is 627 g/mol. The SMILES string of the molecule is C=CC(=O)N1CCCCC[C@H]1c1ccc(N2[C@H](C)[C@@H](CS(C)(=O)=O)C2(C)C)c2cnc(Nc3ccnc(N4CCC(OC)CC4)n3)cc12. The first-order valence-corrected chi connectivity index (χ1v) is 19.2. The molecule has 11 nitrogen and oxygen atoms in total. The number of likely N-dealkylation sites (tertiary alicyclic amines) is 1. The fourth-order valence-electron chi connectivity index (χ4n) is 8.21. The van der Waals surface area contributed by atoms with Crippen LogP contribution in [0.3, 0.4) is 0 Å². The number of amides is 1. The summed E-state index contributed by atoms with van der Waals surface area (Å²) in [6.45, 7) is 12.5. The third-order valence-electron chi connectivity index (χ3n) is 10.7. The Hall–Kier alpha value is -3.77. The van der Waals surface area contributed by atoms with Gasteiger partial charge in [-0.25, -0.2) is 18.4 Å². The van der Waals surface area contributed by atoms with Crippen molar-refractivity contribution in [1.82, 2.24) is 19.9 Å². The lowest BCUT2D eigenvalue weighted by molar-refractivity contribution is -0.128. The molecule has 0 radical (unpaired) electrons. The first kappa shape index (κ1) is 34.1. The summed E-state index contributed by atoms with van der Waals surface area (Å²) in [5.41, 5.74) is 1.70. The highest BCUT2D eigenvalue weighted by molar-refractivity contribution is 7.90. The molecule has 12 heteroatoms. The van der Waals surface area contributed by atoms with Crippen LogP contribution in [0.25, 0.3) is 10.8 Å². The number of piperidine rings is 1. The Bertz CT molecular complexity index is 1770. The molecule has 2 aromatic heterocycles. The number of nitrogens with zero attached hydrogens (tertiary/aromatic N) is 6. The number of fused-ring (bicyclic) bond motifs is 1. The highest BCUT2D eigenvalue weighted by Crippen LogP contribution is 2.49. The van der Waals surface area contributed by atoms with Crippen LogP contribution in [0, 0.1) is 5.92 Å². The summed E-state index contributed by atoms with van der Waals surface area (Å²) in [5.74, 6) is 2.04. The highest BCUT2D eigenvalue weighted by atomic mass is 32.2. The predicted octanol–water partition coefficient (Wildman–Crippen LogP) is 5.66. The molecule has 3 atom stereocenters. The Morgan fingerprint density at radius 2 is 1.83 bits per heavy atom. The Morgan fingerprint density at radius 3 is 2.52 bits per heavy atom. The smallest absolute Gasteiger partial charge is 0.246 e. The molecule has 5 heterocycles. The minimum absolute atomic E-state index is 0.00839. The number of pyridine rings is 1. The van der Waals surface area contributed by atoms with Crippen LogP contribution in [-0.4, -0.2) is 90.6 Å². The highest BCUT2D eigenvalue weighted by Gasteiger charge is 2.53. The fraction of sp³-hybridized carbons (Fsp3) is 0.556. The number of aromatic nitrogens is 3. The molecule has 6 rings (SSSR count). The number of carbonyl (C=O) groups excluding carboxylic acids is 1. The number of benzene rings is 1. The van der Waals surface area contributed by atoms with Crippen molar-refractivity contribution in [3.8, 4) is 0 Å². The first-order valence-electron chi connectivity index (χ1n) is 17.1. The van der Waals surface area contributed by atoms with E-state index in [1.54, 1.807) is 13.3 Å². The maximum Gasteiger partial charge on any atom is 0.246 e. The Kier molecular flexibility index (Phi) is 9.68. The van der Waals surface area contributed by atoms with Gasteiger partial charge in [0.15, 0.2) is 0 Å². The van der Waals surface area contributed by atoms with E-state index in [1.807, 2.05) is 17.2 Å². The van der Waals surface area contributed by atoms with Crippen LogP contribution in [0.1, 0.15) is 70.9 Å². The van der Waals surface area contributed by atoms with Crippen molar-refractivity contribution in [2.24, 2.45) is 5.92 Å². The number of nitrogens with one attached hydrogen (secondary N) is 1. The van der Waals surface area contributed by atoms with Crippen LogP contribution < -0.4 is 15.1 Å². The number of rotatable bonds is 9. The molecule has 3 aromatic rings. The normalized spacial score (nSPS) is 23.4. The third-order valence-corrected chi connectivity index (χ3v) is 11.7. The van der Waals surface area contributed by atoms with Gasteiger partial charge in [0.25, 0.3) is 0 Å². The van der Waals surface area contributed by atoms with Crippen molar-refractivity contribution in [1.29, 1.82) is 0 Å². The number of hydrogen-bond acceptors (Lipinski definition) is 10. The lowest BCUT2D eigenvalue weighted by Crippen LogP contribution is -2.71. The van der Waals surface area contributed by atoms with E-state index >= 15 is 0 Å². The first-order chi connectivity index (χ1) is 22.9. The molecule has 1 N–H and O–H groups in total. The summed E-state index contributed by atoms with van der Waals surface area (Å²) in [4.78, 5) is 33.9. The van der Waals surface area contributed by atoms with Crippen molar-refractivity contribution >= 4 is 49.8 Å². The fourth-order valence-corrected chi connectivity index (χ4v) is 9.55. The average Bonchev–Trinajstić information content (AvgIpc) is 3.33. The van der Waals surface area contributed by atoms with Crippen LogP contribution in [0.2, 0.25) is 0 Å². The van der Waals surface area contributed by atoms with Gasteiger partial charge in [0, 0.05) is 74.0 Å². The maximum atomic E-state index is 13.2. The van der Waals surface area contributed by atoms with Crippen molar-refractivity contribution in [2.45, 2.75) is 83.0 Å². The number of carbonyl (C=O) groups is 1. The maximum absolute atomic E-state index is 13.2. The molecule has 0 unspecified atom stereocenters. The average molecular weight is 676 g/mol. The lowest BCUT2D eigenvalue weighted by atomic mass is 9.71. The summed E-state index contributed by atoms with van der Waals surface area (Å²) in [5, 5.41) is 5.40. The molecule has 3 saturated heterocycles. The summed E-state index contributed by atoms with van der Waals surface area (Å²) in [7, 11) is -1.38. The van der Waals surface area contributed by atoms with Crippen LogP contribution in [-0.2, 0) is 19.4 Å². The van der Waals surface area contributed by atoms with E-state index in [4.69, 9.17) is 14.7 Å². The largest absolute Gasteiger partial charge is 0.381 e. The van der Waals surface area contributed by atoms with Gasteiger partial charge in [-0.3, -0.25) is 4.79 Å². The zero-order valence-corrected chi connectivity index (χ0v) is 29.7. The third kappa shape index (κ3) is 6.74. The van der Waals surface area contributed by atoms with Crippen molar-refractivity contribution in [2.75, 3.05) is 53.9 Å². The molecule has 1 aromatic carbocycles. The van der Waals surface area contributed by atoms with Gasteiger partial charge in [-0.15, -0.1) is 0 Å². The monoisotopic (exact) mass is 675 g/mol. The summed E-state index contributed by atoms with van der Waals surface area (Å²) in [6, 6.07) is 8.10. The quantitative estimate of drug-likeness (QED) is 0.285. The minimum atomic E-state index is -3.14. The molecule has 0 aliphatic carbocycles. The molecular formula is C36H49N7O4S. The molecule has 1 amide bonds. The van der Waals surface area contributed by atoms with Gasteiger partial charge < -0.3 is 24.8 Å². The molecule has 0 saturated carbocycles. The van der Waals surface area contributed by atoms with Crippen LogP contribution in [0.4, 0.5) is 23.3 Å². The molecule has 48 heavy (non-hydrogen) atoms. The summed E-state index contributed by atoms with van der Waals surface area (Å²) < 4.78 is 30.2. The Balaban J connectivity index is 1.39. The number of methoxy groups -OCH3 is 1. The standard InChI is InChI=1S/C36H49N7O4S/c1-7-34(44)42-18-10-8-9-11-30(42)26-12-13-31(43-24(2)29(36(43,3)4)23-48(6,45)46)28-22-38-33(21-27(26)28)39-32-14-17-37-35(40-32)41-19-15-25(47-5)16-20-41/h7,12-14,17,21-22,24-25,29-30H,1,8-11,15-16,18-20,23H2,2-6H3,(H,37,38,39,40)/t24-,29-,30+/m1/s1. The van der Waals surface area contributed by atoms with Crippen LogP contribution in [0.15, 0.2) is 49.3 Å². The van der Waals surface area contributed by atoms with Gasteiger partial charge in [-0.2, -0.15) is 4.98 Å². The van der Waals surface area contributed by atoms with Gasteiger partial charge in [-0.05, 0) is 81.7 Å². The van der Waals surface area contributed by atoms with Gasteiger partial charge in [0.05, 0.1) is 17.9 Å². The van der Waals surface area contributed by atoms with Gasteiger partial charge in [-0.1, -0.05) is 25.5 Å². The van der Waals surface area contributed by atoms with Gasteiger partial charge in [0.1, 0.15) is 21.5 Å². The number of hydrogen-bond donors (Lipinski definition) is 1. The predicted molar refractivity (Wildman–Crippen MR) is 192 cm³/mol. The zero-order valence-electron chi connectivity index (χ0n) is 28.9. The molecule has 0 spiro atoms. The molecule has 0 bridgehead atoms. The molecule has 258 valence electrons. The minimum Gasteiger partial charge on any atom is -0.381 e. The second kappa shape index (κ2) is 13.6. The number of anilines is 4. The Labute approximate surface area is 284 Å². The molecule has 3 aliphatic rings. The second-order valence-corrected chi connectivity index (χ2v) is 16.3. The van der Waals surface area contributed by atoms with E-state index in [1.165, 1.54) is 12.3 Å². The van der Waals surface area contributed by atoms with Crippen molar-refractivity contribution < 1.29 is 17.9 Å². The van der Waals surface area contributed by atoms with E-state index in [-0.39, 0.29) is 41.3 Å². The van der Waals surface area contributed by atoms with Crippen LogP contribution >= 0.6 is 0 Å². The van der Waals surface area contributed by atoms with Crippen LogP contribution in [0.5, 0.6) is 0 Å². The van der Waals surface area contributed by atoms with E-state index in [2.05, 4.69) is 65.6 Å². The number of sulfone groups is 1. The van der Waals surface area contributed by atoms with Crippen molar-refractivity contribution in [3.63, 3.8) is 0 Å². The zero-order chi connectivity index (χ0) is 34.2. The summed E-state index contributed by atoms with van der Waals surface area (Å²) in [6.07, 6.45) is 12.4. The Morgan fingerprint density at radius 1 is 1.06 bits per heavy atom. The van der Waals surface area contributed by atoms with E-state index in [9.17, 15) is 13.2 Å². The second-order valence-electron chi connectivity index (χ2n) is 14.1. The molecule has 3 fully saturated rings. The van der Waals surface area contributed by atoms with Gasteiger partial charge in [0.2, 0.25) is 11.9 Å². The molecule has 3 aliphatic heterocycles. The van der Waals surface area contributed by atoms with Gasteiger partial charge >= 0.3 is 0 Å². The lowest BCUT2D eigenvalue weighted by Gasteiger charge is -2.62. The van der Waals surface area contributed by atoms with E-state index in [0.717, 1.165) is 73.6 Å².